The monoisotopic (exact) mass is 367 g/mol. The third kappa shape index (κ3) is 3.99. The van der Waals surface area contributed by atoms with Crippen molar-refractivity contribution in [3.8, 4) is 11.3 Å². The topological polar surface area (TPSA) is 72.7 Å². The number of hydrogen-bond acceptors (Lipinski definition) is 5. The molecule has 7 heteroatoms. The van der Waals surface area contributed by atoms with E-state index >= 15 is 0 Å². The average Bonchev–Trinajstić information content (AvgIpc) is 3.35. The van der Waals surface area contributed by atoms with E-state index in [0.717, 1.165) is 42.5 Å². The zero-order valence-electron chi connectivity index (χ0n) is 14.4. The summed E-state index contributed by atoms with van der Waals surface area (Å²) in [7, 11) is 0. The van der Waals surface area contributed by atoms with Crippen molar-refractivity contribution in [2.75, 3.05) is 0 Å². The maximum Gasteiger partial charge on any atom is 0.224 e. The Labute approximate surface area is 156 Å². The van der Waals surface area contributed by atoms with E-state index in [1.165, 1.54) is 0 Å². The van der Waals surface area contributed by atoms with Gasteiger partial charge in [-0.1, -0.05) is 0 Å². The SMILES string of the molecule is O=C(Cc1ccsc1)NC1CCC(n2cc(-c3ccncn3)cn2)CC1. The Morgan fingerprint density at radius 3 is 2.88 bits per heavy atom. The van der Waals surface area contributed by atoms with Crippen LogP contribution in [0.4, 0.5) is 0 Å². The molecule has 134 valence electrons. The fourth-order valence-corrected chi connectivity index (χ4v) is 4.14. The van der Waals surface area contributed by atoms with Crippen LogP contribution in [0.3, 0.4) is 0 Å². The predicted octanol–water partition coefficient (Wildman–Crippen LogP) is 3.24. The van der Waals surface area contributed by atoms with Crippen molar-refractivity contribution >= 4 is 17.2 Å². The number of hydrogen-bond donors (Lipinski definition) is 1. The second-order valence-electron chi connectivity index (χ2n) is 6.68. The van der Waals surface area contributed by atoms with Crippen molar-refractivity contribution < 1.29 is 4.79 Å². The van der Waals surface area contributed by atoms with Gasteiger partial charge >= 0.3 is 0 Å². The van der Waals surface area contributed by atoms with Crippen LogP contribution in [0.1, 0.15) is 37.3 Å². The number of rotatable bonds is 5. The second kappa shape index (κ2) is 7.78. The summed E-state index contributed by atoms with van der Waals surface area (Å²) in [5.74, 6) is 0.122. The quantitative estimate of drug-likeness (QED) is 0.751. The van der Waals surface area contributed by atoms with Gasteiger partial charge < -0.3 is 5.32 Å². The summed E-state index contributed by atoms with van der Waals surface area (Å²) in [6, 6.07) is 4.56. The lowest BCUT2D eigenvalue weighted by Crippen LogP contribution is -2.38. The standard InChI is InChI=1S/C19H21N5OS/c25-19(9-14-6-8-26-12-14)23-16-1-3-17(4-2-16)24-11-15(10-22-24)18-5-7-20-13-21-18/h5-8,10-13,16-17H,1-4,9H2,(H,23,25). The molecule has 3 aromatic rings. The van der Waals surface area contributed by atoms with E-state index in [1.807, 2.05) is 33.8 Å². The highest BCUT2D eigenvalue weighted by atomic mass is 32.1. The summed E-state index contributed by atoms with van der Waals surface area (Å²) in [5.41, 5.74) is 2.99. The molecule has 26 heavy (non-hydrogen) atoms. The molecule has 1 aliphatic carbocycles. The number of amides is 1. The minimum absolute atomic E-state index is 0.122. The summed E-state index contributed by atoms with van der Waals surface area (Å²) in [6.45, 7) is 0. The lowest BCUT2D eigenvalue weighted by atomic mass is 9.91. The molecule has 0 aliphatic heterocycles. The number of nitrogens with one attached hydrogen (secondary N) is 1. The van der Waals surface area contributed by atoms with E-state index in [1.54, 1.807) is 23.9 Å². The summed E-state index contributed by atoms with van der Waals surface area (Å²) < 4.78 is 2.04. The van der Waals surface area contributed by atoms with Crippen LogP contribution in [0.2, 0.25) is 0 Å². The van der Waals surface area contributed by atoms with Crippen LogP contribution in [-0.2, 0) is 11.2 Å². The molecule has 0 bridgehead atoms. The maximum atomic E-state index is 12.2. The van der Waals surface area contributed by atoms with E-state index < -0.39 is 0 Å². The number of aromatic nitrogens is 4. The lowest BCUT2D eigenvalue weighted by molar-refractivity contribution is -0.121. The third-order valence-corrected chi connectivity index (χ3v) is 5.59. The maximum absolute atomic E-state index is 12.2. The van der Waals surface area contributed by atoms with Gasteiger partial charge in [-0.3, -0.25) is 9.48 Å². The highest BCUT2D eigenvalue weighted by Gasteiger charge is 2.24. The predicted molar refractivity (Wildman–Crippen MR) is 101 cm³/mol. The Kier molecular flexibility index (Phi) is 5.06. The molecular formula is C19H21N5OS. The van der Waals surface area contributed by atoms with Crippen molar-refractivity contribution in [3.63, 3.8) is 0 Å². The molecule has 0 unspecified atom stereocenters. The molecular weight excluding hydrogens is 346 g/mol. The smallest absolute Gasteiger partial charge is 0.224 e. The van der Waals surface area contributed by atoms with Gasteiger partial charge in [0.25, 0.3) is 0 Å². The van der Waals surface area contributed by atoms with Crippen LogP contribution in [0.25, 0.3) is 11.3 Å². The van der Waals surface area contributed by atoms with Gasteiger partial charge in [-0.15, -0.1) is 0 Å². The fraction of sp³-hybridized carbons (Fsp3) is 0.368. The Hall–Kier alpha value is -2.54. The number of carbonyl (C=O) groups is 1. The summed E-state index contributed by atoms with van der Waals surface area (Å²) in [5, 5.41) is 11.7. The molecule has 6 nitrogen and oxygen atoms in total. The van der Waals surface area contributed by atoms with Gasteiger partial charge in [0.15, 0.2) is 0 Å². The van der Waals surface area contributed by atoms with Gasteiger partial charge in [0, 0.05) is 24.0 Å². The van der Waals surface area contributed by atoms with E-state index in [9.17, 15) is 4.79 Å². The zero-order chi connectivity index (χ0) is 17.8. The minimum atomic E-state index is 0.122. The van der Waals surface area contributed by atoms with Crippen LogP contribution in [0, 0.1) is 0 Å². The normalized spacial score (nSPS) is 20.0. The van der Waals surface area contributed by atoms with Crippen LogP contribution in [0.15, 0.2) is 47.8 Å². The molecule has 1 amide bonds. The van der Waals surface area contributed by atoms with Crippen molar-refractivity contribution in [1.29, 1.82) is 0 Å². The number of thiophene rings is 1. The molecule has 0 saturated heterocycles. The van der Waals surface area contributed by atoms with E-state index in [2.05, 4.69) is 26.6 Å². The molecule has 0 radical (unpaired) electrons. The first-order chi connectivity index (χ1) is 12.8. The van der Waals surface area contributed by atoms with E-state index in [0.29, 0.717) is 12.5 Å². The van der Waals surface area contributed by atoms with Crippen LogP contribution < -0.4 is 5.32 Å². The highest BCUT2D eigenvalue weighted by Crippen LogP contribution is 2.29. The molecule has 4 rings (SSSR count). The van der Waals surface area contributed by atoms with Crippen molar-refractivity contribution in [3.05, 3.63) is 53.4 Å². The Bertz CT molecular complexity index is 838. The van der Waals surface area contributed by atoms with Crippen LogP contribution >= 0.6 is 11.3 Å². The lowest BCUT2D eigenvalue weighted by Gasteiger charge is -2.29. The number of nitrogens with zero attached hydrogens (tertiary/aromatic N) is 4. The van der Waals surface area contributed by atoms with Gasteiger partial charge in [-0.05, 0) is 54.1 Å². The van der Waals surface area contributed by atoms with Gasteiger partial charge in [-0.25, -0.2) is 9.97 Å². The first-order valence-electron chi connectivity index (χ1n) is 8.89. The zero-order valence-corrected chi connectivity index (χ0v) is 15.2. The van der Waals surface area contributed by atoms with Crippen molar-refractivity contribution in [1.82, 2.24) is 25.1 Å². The van der Waals surface area contributed by atoms with Gasteiger partial charge in [-0.2, -0.15) is 16.4 Å². The first kappa shape index (κ1) is 16.9. The Morgan fingerprint density at radius 2 is 2.15 bits per heavy atom. The van der Waals surface area contributed by atoms with Crippen LogP contribution in [0.5, 0.6) is 0 Å². The summed E-state index contributed by atoms with van der Waals surface area (Å²) >= 11 is 1.63. The minimum Gasteiger partial charge on any atom is -0.353 e. The molecule has 0 aromatic carbocycles. The highest BCUT2D eigenvalue weighted by molar-refractivity contribution is 7.08. The first-order valence-corrected chi connectivity index (χ1v) is 9.83. The molecule has 3 heterocycles. The van der Waals surface area contributed by atoms with E-state index in [4.69, 9.17) is 0 Å². The largest absolute Gasteiger partial charge is 0.353 e. The van der Waals surface area contributed by atoms with Gasteiger partial charge in [0.2, 0.25) is 5.91 Å². The number of carbonyl (C=O) groups excluding carboxylic acids is 1. The van der Waals surface area contributed by atoms with E-state index in [-0.39, 0.29) is 11.9 Å². The third-order valence-electron chi connectivity index (χ3n) is 4.86. The summed E-state index contributed by atoms with van der Waals surface area (Å²) in [6.07, 6.45) is 11.7. The molecule has 1 fully saturated rings. The molecule has 1 N–H and O–H groups in total. The fourth-order valence-electron chi connectivity index (χ4n) is 3.47. The Balaban J connectivity index is 1.30. The van der Waals surface area contributed by atoms with Crippen molar-refractivity contribution in [2.24, 2.45) is 0 Å². The van der Waals surface area contributed by atoms with Gasteiger partial charge in [0.05, 0.1) is 24.4 Å². The average molecular weight is 367 g/mol. The Morgan fingerprint density at radius 1 is 1.27 bits per heavy atom. The van der Waals surface area contributed by atoms with Crippen LogP contribution in [-0.4, -0.2) is 31.7 Å². The molecule has 0 spiro atoms. The van der Waals surface area contributed by atoms with Crippen molar-refractivity contribution in [2.45, 2.75) is 44.2 Å². The molecule has 0 atom stereocenters. The summed E-state index contributed by atoms with van der Waals surface area (Å²) in [4.78, 5) is 20.4. The second-order valence-corrected chi connectivity index (χ2v) is 7.47. The molecule has 3 aromatic heterocycles. The molecule has 1 saturated carbocycles. The molecule has 1 aliphatic rings. The van der Waals surface area contributed by atoms with Gasteiger partial charge in [0.1, 0.15) is 6.33 Å².